The van der Waals surface area contributed by atoms with Crippen LogP contribution in [0.15, 0.2) is 23.1 Å². The molecule has 5 nitrogen and oxygen atoms in total. The molecule has 15 heavy (non-hydrogen) atoms. The molecule has 0 amide bonds. The molecule has 0 heterocycles. The van der Waals surface area contributed by atoms with Crippen molar-refractivity contribution >= 4 is 10.1 Å². The molecule has 1 aromatic carbocycles. The topological polar surface area (TPSA) is 75.7 Å². The van der Waals surface area contributed by atoms with Gasteiger partial charge in [0, 0.05) is 6.07 Å². The van der Waals surface area contributed by atoms with Gasteiger partial charge in [0.25, 0.3) is 0 Å². The Morgan fingerprint density at radius 3 is 2.07 bits per heavy atom. The van der Waals surface area contributed by atoms with E-state index in [0.717, 1.165) is 6.07 Å². The van der Waals surface area contributed by atoms with E-state index in [1.54, 1.807) is 0 Å². The minimum atomic E-state index is -4.45. The van der Waals surface area contributed by atoms with Crippen molar-refractivity contribution in [2.24, 2.45) is 0 Å². The van der Waals surface area contributed by atoms with Gasteiger partial charge in [-0.1, -0.05) is 0 Å². The van der Waals surface area contributed by atoms with E-state index in [-0.39, 0.29) is 40.2 Å². The number of ether oxygens (including phenoxy) is 2. The third-order valence-corrected chi connectivity index (χ3v) is 2.47. The Morgan fingerprint density at radius 2 is 1.67 bits per heavy atom. The van der Waals surface area contributed by atoms with Gasteiger partial charge in [-0.15, -0.1) is 0 Å². The van der Waals surface area contributed by atoms with Crippen LogP contribution in [-0.2, 0) is 10.1 Å². The molecule has 7 heteroatoms. The van der Waals surface area contributed by atoms with Gasteiger partial charge < -0.3 is 14.0 Å². The monoisotopic (exact) mass is 240 g/mol. The van der Waals surface area contributed by atoms with Crippen LogP contribution in [0.25, 0.3) is 0 Å². The Bertz CT molecular complexity index is 429. The Labute approximate surface area is 110 Å². The van der Waals surface area contributed by atoms with Gasteiger partial charge >= 0.3 is 29.6 Å². The number of rotatable bonds is 3. The van der Waals surface area contributed by atoms with Crippen molar-refractivity contribution in [2.45, 2.75) is 4.90 Å². The largest absolute Gasteiger partial charge is 1.00 e. The van der Waals surface area contributed by atoms with Crippen molar-refractivity contribution in [3.05, 3.63) is 18.2 Å². The molecule has 0 N–H and O–H groups in total. The summed E-state index contributed by atoms with van der Waals surface area (Å²) in [5.74, 6) is 0.587. The van der Waals surface area contributed by atoms with Gasteiger partial charge in [-0.3, -0.25) is 0 Å². The zero-order valence-corrected chi connectivity index (χ0v) is 11.5. The molecule has 0 fully saturated rings. The van der Waals surface area contributed by atoms with E-state index in [1.165, 1.54) is 26.4 Å². The van der Waals surface area contributed by atoms with Gasteiger partial charge in [-0.2, -0.15) is 0 Å². The molecule has 0 spiro atoms. The fraction of sp³-hybridized carbons (Fsp3) is 0.250. The van der Waals surface area contributed by atoms with Crippen molar-refractivity contribution in [2.75, 3.05) is 14.2 Å². The number of benzene rings is 1. The zero-order chi connectivity index (χ0) is 10.8. The Hall–Kier alpha value is -0.270. The van der Waals surface area contributed by atoms with Crippen molar-refractivity contribution < 1.29 is 52.0 Å². The second-order valence-electron chi connectivity index (χ2n) is 2.47. The van der Waals surface area contributed by atoms with Crippen LogP contribution in [0.1, 0.15) is 0 Å². The quantitative estimate of drug-likeness (QED) is 0.435. The van der Waals surface area contributed by atoms with Gasteiger partial charge in [0.05, 0.1) is 19.1 Å². The maximum atomic E-state index is 10.6. The molecule has 0 aliphatic carbocycles. The molecule has 0 aliphatic heterocycles. The van der Waals surface area contributed by atoms with Crippen LogP contribution < -0.4 is 39.0 Å². The first-order valence-corrected chi connectivity index (χ1v) is 5.08. The Morgan fingerprint density at radius 1 is 1.13 bits per heavy atom. The molecular formula is C8H9NaO5S. The van der Waals surface area contributed by atoms with Crippen LogP contribution in [0, 0.1) is 0 Å². The average Bonchev–Trinajstić information content (AvgIpc) is 2.15. The summed E-state index contributed by atoms with van der Waals surface area (Å²) in [6, 6.07) is 3.66. The summed E-state index contributed by atoms with van der Waals surface area (Å²) in [5.41, 5.74) is 0. The molecule has 0 bridgehead atoms. The van der Waals surface area contributed by atoms with Crippen LogP contribution in [0.5, 0.6) is 11.5 Å². The Kier molecular flexibility index (Phi) is 5.61. The summed E-state index contributed by atoms with van der Waals surface area (Å²) in [7, 11) is -1.67. The fourth-order valence-electron chi connectivity index (χ4n) is 0.972. The van der Waals surface area contributed by atoms with Crippen molar-refractivity contribution in [3.63, 3.8) is 0 Å². The van der Waals surface area contributed by atoms with Crippen molar-refractivity contribution in [1.82, 2.24) is 0 Å². The van der Waals surface area contributed by atoms with Crippen molar-refractivity contribution in [3.8, 4) is 11.5 Å². The molecule has 0 unspecified atom stereocenters. The summed E-state index contributed by atoms with van der Waals surface area (Å²) in [5, 5.41) is 0. The molecule has 0 aromatic heterocycles. The van der Waals surface area contributed by atoms with Crippen molar-refractivity contribution in [1.29, 1.82) is 0 Å². The first kappa shape index (κ1) is 14.7. The number of hydrogen-bond acceptors (Lipinski definition) is 5. The minimum absolute atomic E-state index is 0. The van der Waals surface area contributed by atoms with E-state index in [0.29, 0.717) is 5.75 Å². The summed E-state index contributed by atoms with van der Waals surface area (Å²) >= 11 is 0. The first-order valence-electron chi connectivity index (χ1n) is 3.67. The molecule has 0 atom stereocenters. The molecule has 0 saturated heterocycles. The number of hydrogen-bond donors (Lipinski definition) is 0. The van der Waals surface area contributed by atoms with Crippen LogP contribution >= 0.6 is 0 Å². The zero-order valence-electron chi connectivity index (χ0n) is 8.68. The van der Waals surface area contributed by atoms with Crippen LogP contribution in [-0.4, -0.2) is 27.2 Å². The molecule has 78 valence electrons. The third kappa shape index (κ3) is 3.66. The first-order chi connectivity index (χ1) is 6.49. The average molecular weight is 240 g/mol. The minimum Gasteiger partial charge on any atom is -0.744 e. The summed E-state index contributed by atoms with van der Waals surface area (Å²) < 4.78 is 41.7. The van der Waals surface area contributed by atoms with Gasteiger partial charge in [-0.05, 0) is 12.1 Å². The molecule has 0 saturated carbocycles. The number of methoxy groups -OCH3 is 2. The fourth-order valence-corrected chi connectivity index (χ4v) is 1.46. The second kappa shape index (κ2) is 5.72. The van der Waals surface area contributed by atoms with Gasteiger partial charge in [0.2, 0.25) is 0 Å². The predicted molar refractivity (Wildman–Crippen MR) is 47.5 cm³/mol. The summed E-state index contributed by atoms with van der Waals surface area (Å²) in [6.45, 7) is 0. The molecule has 1 aromatic rings. The van der Waals surface area contributed by atoms with Crippen LogP contribution in [0.4, 0.5) is 0 Å². The maximum absolute atomic E-state index is 10.6. The second-order valence-corrected chi connectivity index (χ2v) is 3.85. The van der Waals surface area contributed by atoms with Crippen LogP contribution in [0.2, 0.25) is 0 Å². The van der Waals surface area contributed by atoms with E-state index in [4.69, 9.17) is 9.47 Å². The smallest absolute Gasteiger partial charge is 0.744 e. The standard InChI is InChI=1S/C8H10O5S.Na/c1-12-7-4-3-6(14(9,10)11)5-8(7)13-2;/h3-5H,1-2H3,(H,9,10,11);/q;+1/p-1. The van der Waals surface area contributed by atoms with Crippen LogP contribution in [0.3, 0.4) is 0 Å². The Balaban J connectivity index is 0.00000196. The normalized spacial score (nSPS) is 10.3. The maximum Gasteiger partial charge on any atom is 1.00 e. The van der Waals surface area contributed by atoms with E-state index < -0.39 is 10.1 Å². The molecule has 1 rings (SSSR count). The SMILES string of the molecule is COc1ccc(S(=O)(=O)[O-])cc1OC.[Na+]. The molecule has 0 aliphatic rings. The van der Waals surface area contributed by atoms with E-state index in [1.807, 2.05) is 0 Å². The van der Waals surface area contributed by atoms with Gasteiger partial charge in [-0.25, -0.2) is 8.42 Å². The van der Waals surface area contributed by atoms with E-state index in [2.05, 4.69) is 0 Å². The predicted octanol–water partition coefficient (Wildman–Crippen LogP) is -2.39. The van der Waals surface area contributed by atoms with E-state index >= 15 is 0 Å². The van der Waals surface area contributed by atoms with E-state index in [9.17, 15) is 13.0 Å². The third-order valence-electron chi connectivity index (χ3n) is 1.64. The molecular weight excluding hydrogens is 231 g/mol. The summed E-state index contributed by atoms with van der Waals surface area (Å²) in [6.07, 6.45) is 0. The summed E-state index contributed by atoms with van der Waals surface area (Å²) in [4.78, 5) is -0.338. The van der Waals surface area contributed by atoms with Gasteiger partial charge in [0.15, 0.2) is 11.5 Å². The molecule has 0 radical (unpaired) electrons. The van der Waals surface area contributed by atoms with Gasteiger partial charge in [0.1, 0.15) is 10.1 Å².